The van der Waals surface area contributed by atoms with E-state index in [1.165, 1.54) is 16.0 Å². The molecule has 0 aliphatic carbocycles. The lowest BCUT2D eigenvalue weighted by molar-refractivity contribution is 1.24. The maximum Gasteiger partial charge on any atom is 0.0308 e. The number of hydrogen-bond donors (Lipinski definition) is 0. The van der Waals surface area contributed by atoms with Gasteiger partial charge in [-0.25, -0.2) is 0 Å². The molecule has 0 N–H and O–H groups in total. The Morgan fingerprint density at radius 2 is 2.00 bits per heavy atom. The molecule has 0 unspecified atom stereocenters. The van der Waals surface area contributed by atoms with E-state index in [1.54, 1.807) is 0 Å². The van der Waals surface area contributed by atoms with Crippen molar-refractivity contribution in [3.63, 3.8) is 0 Å². The molecular formula is C13H13NS. The van der Waals surface area contributed by atoms with Gasteiger partial charge in [0.05, 0.1) is 0 Å². The number of rotatable bonds is 3. The van der Waals surface area contributed by atoms with Gasteiger partial charge in [-0.2, -0.15) is 0 Å². The third kappa shape index (κ3) is 2.83. The highest BCUT2D eigenvalue weighted by atomic mass is 32.2. The smallest absolute Gasteiger partial charge is 0.0308 e. The summed E-state index contributed by atoms with van der Waals surface area (Å²) in [6.07, 6.45) is 3.73. The lowest BCUT2D eigenvalue weighted by Gasteiger charge is -2.04. The van der Waals surface area contributed by atoms with Crippen LogP contribution in [0.2, 0.25) is 0 Å². The van der Waals surface area contributed by atoms with E-state index in [-0.39, 0.29) is 0 Å². The Labute approximate surface area is 94.6 Å². The number of thioether (sulfide) groups is 1. The van der Waals surface area contributed by atoms with E-state index in [4.69, 9.17) is 0 Å². The fourth-order valence-corrected chi connectivity index (χ4v) is 2.33. The molecule has 0 amide bonds. The maximum absolute atomic E-state index is 4.11. The molecule has 76 valence electrons. The van der Waals surface area contributed by atoms with Crippen LogP contribution < -0.4 is 0 Å². The highest BCUT2D eigenvalue weighted by Gasteiger charge is 1.98. The highest BCUT2D eigenvalue weighted by Crippen LogP contribution is 2.25. The van der Waals surface area contributed by atoms with Crippen LogP contribution in [0.5, 0.6) is 0 Å². The summed E-state index contributed by atoms with van der Waals surface area (Å²) in [5.41, 5.74) is 2.61. The number of benzene rings is 1. The fraction of sp³-hybridized carbons (Fsp3) is 0.154. The number of aryl methyl sites for hydroxylation is 1. The van der Waals surface area contributed by atoms with Crippen molar-refractivity contribution < 1.29 is 0 Å². The molecule has 0 spiro atoms. The van der Waals surface area contributed by atoms with Crippen LogP contribution in [0.25, 0.3) is 0 Å². The van der Waals surface area contributed by atoms with Crippen LogP contribution in [0.15, 0.2) is 53.7 Å². The first-order valence-electron chi connectivity index (χ1n) is 4.93. The minimum atomic E-state index is 0.985. The van der Waals surface area contributed by atoms with Gasteiger partial charge in [0.2, 0.25) is 0 Å². The van der Waals surface area contributed by atoms with E-state index < -0.39 is 0 Å². The Hall–Kier alpha value is -1.28. The van der Waals surface area contributed by atoms with Gasteiger partial charge in [-0.1, -0.05) is 24.3 Å². The van der Waals surface area contributed by atoms with E-state index in [9.17, 15) is 0 Å². The summed E-state index contributed by atoms with van der Waals surface area (Å²) in [5.74, 6) is 0.985. The van der Waals surface area contributed by atoms with Crippen LogP contribution in [0.4, 0.5) is 0 Å². The summed E-state index contributed by atoms with van der Waals surface area (Å²) in [4.78, 5) is 5.45. The quantitative estimate of drug-likeness (QED) is 0.724. The first kappa shape index (κ1) is 10.2. The number of nitrogens with zero attached hydrogens (tertiary/aromatic N) is 1. The first-order chi connectivity index (χ1) is 7.36. The van der Waals surface area contributed by atoms with Crippen molar-refractivity contribution in [2.75, 3.05) is 0 Å². The molecule has 1 heterocycles. The van der Waals surface area contributed by atoms with Gasteiger partial charge in [0.1, 0.15) is 0 Å². The maximum atomic E-state index is 4.11. The molecule has 2 rings (SSSR count). The number of hydrogen-bond acceptors (Lipinski definition) is 2. The second-order valence-electron chi connectivity index (χ2n) is 3.42. The molecule has 0 aliphatic heterocycles. The molecule has 2 aromatic rings. The van der Waals surface area contributed by atoms with E-state index in [0.29, 0.717) is 0 Å². The summed E-state index contributed by atoms with van der Waals surface area (Å²) in [6, 6.07) is 12.6. The van der Waals surface area contributed by atoms with Gasteiger partial charge in [0.15, 0.2) is 0 Å². The normalized spacial score (nSPS) is 10.2. The van der Waals surface area contributed by atoms with Crippen LogP contribution in [0.1, 0.15) is 11.1 Å². The average Bonchev–Trinajstić information content (AvgIpc) is 2.29. The second kappa shape index (κ2) is 4.99. The zero-order valence-corrected chi connectivity index (χ0v) is 9.50. The van der Waals surface area contributed by atoms with E-state index in [2.05, 4.69) is 42.2 Å². The minimum absolute atomic E-state index is 0.985. The van der Waals surface area contributed by atoms with Gasteiger partial charge in [0.25, 0.3) is 0 Å². The first-order valence-corrected chi connectivity index (χ1v) is 5.92. The van der Waals surface area contributed by atoms with Crippen LogP contribution in [0.3, 0.4) is 0 Å². The number of aromatic nitrogens is 1. The molecule has 0 bridgehead atoms. The molecular weight excluding hydrogens is 202 g/mol. The van der Waals surface area contributed by atoms with Crippen LogP contribution in [-0.4, -0.2) is 4.98 Å². The molecule has 0 saturated heterocycles. The molecule has 1 aromatic heterocycles. The fourth-order valence-electron chi connectivity index (χ4n) is 1.36. The summed E-state index contributed by atoms with van der Waals surface area (Å²) in [6.45, 7) is 2.14. The third-order valence-corrected chi connectivity index (χ3v) is 3.46. The van der Waals surface area contributed by atoms with Crippen molar-refractivity contribution in [3.8, 4) is 0 Å². The van der Waals surface area contributed by atoms with Crippen molar-refractivity contribution in [2.24, 2.45) is 0 Å². The minimum Gasteiger partial charge on any atom is -0.264 e. The Kier molecular flexibility index (Phi) is 3.41. The summed E-state index contributed by atoms with van der Waals surface area (Å²) in [7, 11) is 0. The standard InChI is InChI=1S/C13H13NS/c1-11-5-2-3-7-13(11)15-10-12-6-4-8-14-9-12/h2-9H,10H2,1H3. The number of pyridine rings is 1. The monoisotopic (exact) mass is 215 g/mol. The van der Waals surface area contributed by atoms with Crippen molar-refractivity contribution in [1.82, 2.24) is 4.98 Å². The largest absolute Gasteiger partial charge is 0.264 e. The zero-order chi connectivity index (χ0) is 10.5. The summed E-state index contributed by atoms with van der Waals surface area (Å²) >= 11 is 1.86. The predicted octanol–water partition coefficient (Wildman–Crippen LogP) is 3.68. The molecule has 15 heavy (non-hydrogen) atoms. The lowest BCUT2D eigenvalue weighted by atomic mass is 10.2. The van der Waals surface area contributed by atoms with Crippen molar-refractivity contribution >= 4 is 11.8 Å². The molecule has 0 radical (unpaired) electrons. The Balaban J connectivity index is 2.03. The molecule has 1 nitrogen and oxygen atoms in total. The van der Waals surface area contributed by atoms with Gasteiger partial charge in [0, 0.05) is 23.0 Å². The topological polar surface area (TPSA) is 12.9 Å². The second-order valence-corrected chi connectivity index (χ2v) is 4.43. The van der Waals surface area contributed by atoms with Gasteiger partial charge in [-0.05, 0) is 30.2 Å². The lowest BCUT2D eigenvalue weighted by Crippen LogP contribution is -1.83. The van der Waals surface area contributed by atoms with Crippen LogP contribution in [0, 0.1) is 6.92 Å². The van der Waals surface area contributed by atoms with Gasteiger partial charge in [-0.3, -0.25) is 4.98 Å². The Morgan fingerprint density at radius 1 is 1.13 bits per heavy atom. The Morgan fingerprint density at radius 3 is 2.73 bits per heavy atom. The molecule has 0 atom stereocenters. The van der Waals surface area contributed by atoms with Crippen molar-refractivity contribution in [2.45, 2.75) is 17.6 Å². The predicted molar refractivity (Wildman–Crippen MR) is 65.0 cm³/mol. The summed E-state index contributed by atoms with van der Waals surface area (Å²) < 4.78 is 0. The molecule has 0 saturated carbocycles. The average molecular weight is 215 g/mol. The third-order valence-electron chi connectivity index (χ3n) is 2.21. The highest BCUT2D eigenvalue weighted by molar-refractivity contribution is 7.98. The molecule has 0 fully saturated rings. The zero-order valence-electron chi connectivity index (χ0n) is 8.68. The Bertz CT molecular complexity index is 426. The summed E-state index contributed by atoms with van der Waals surface area (Å²) in [5, 5.41) is 0. The van der Waals surface area contributed by atoms with Gasteiger partial charge in [-0.15, -0.1) is 11.8 Å². The van der Waals surface area contributed by atoms with E-state index in [1.807, 2.05) is 30.2 Å². The van der Waals surface area contributed by atoms with Crippen molar-refractivity contribution in [3.05, 3.63) is 59.9 Å². The van der Waals surface area contributed by atoms with Crippen molar-refractivity contribution in [1.29, 1.82) is 0 Å². The van der Waals surface area contributed by atoms with Gasteiger partial charge < -0.3 is 0 Å². The van der Waals surface area contributed by atoms with Crippen LogP contribution >= 0.6 is 11.8 Å². The SMILES string of the molecule is Cc1ccccc1SCc1cccnc1. The molecule has 2 heteroatoms. The molecule has 1 aromatic carbocycles. The van der Waals surface area contributed by atoms with Crippen LogP contribution in [-0.2, 0) is 5.75 Å². The van der Waals surface area contributed by atoms with E-state index in [0.717, 1.165) is 5.75 Å². The van der Waals surface area contributed by atoms with Gasteiger partial charge >= 0.3 is 0 Å². The molecule has 0 aliphatic rings. The van der Waals surface area contributed by atoms with E-state index >= 15 is 0 Å².